The zero-order chi connectivity index (χ0) is 21.5. The van der Waals surface area contributed by atoms with Crippen LogP contribution in [0.15, 0.2) is 76.8 Å². The number of hydrogen-bond acceptors (Lipinski definition) is 7. The lowest BCUT2D eigenvalue weighted by molar-refractivity contribution is 0.0587. The first-order valence-corrected chi connectivity index (χ1v) is 9.64. The van der Waals surface area contributed by atoms with Crippen LogP contribution in [0.1, 0.15) is 31.1 Å². The van der Waals surface area contributed by atoms with Crippen molar-refractivity contribution >= 4 is 35.3 Å². The molecule has 0 bridgehead atoms. The monoisotopic (exact) mass is 422 g/mol. The van der Waals surface area contributed by atoms with E-state index in [1.807, 2.05) is 18.2 Å². The van der Waals surface area contributed by atoms with Gasteiger partial charge in [0.25, 0.3) is 5.91 Å². The molecule has 152 valence electrons. The number of nitrogens with one attached hydrogen (secondary N) is 1. The summed E-state index contributed by atoms with van der Waals surface area (Å²) in [4.78, 5) is 41.7. The van der Waals surface area contributed by atoms with Crippen molar-refractivity contribution in [2.24, 2.45) is 0 Å². The minimum Gasteiger partial charge on any atom is -0.465 e. The molecule has 0 radical (unpaired) electrons. The number of amides is 1. The number of nitrogens with zero attached hydrogens (tertiary/aromatic N) is 1. The highest BCUT2D eigenvalue weighted by Crippen LogP contribution is 2.26. The standard InChI is InChI=1S/C22H18N2O5S/c1-28-21(26)15-8-11-17(22(27)29-2)18(13-15)24-20(25)14-6-9-16(10-7-14)30-19-5-3-4-12-23-19/h3-13H,1-2H3,(H,24,25). The van der Waals surface area contributed by atoms with Gasteiger partial charge >= 0.3 is 11.9 Å². The van der Waals surface area contributed by atoms with Crippen molar-refractivity contribution in [2.75, 3.05) is 19.5 Å². The molecule has 0 unspecified atom stereocenters. The molecule has 0 atom stereocenters. The first-order chi connectivity index (χ1) is 14.5. The number of ether oxygens (including phenoxy) is 2. The Hall–Kier alpha value is -3.65. The smallest absolute Gasteiger partial charge is 0.339 e. The Morgan fingerprint density at radius 3 is 2.20 bits per heavy atom. The maximum atomic E-state index is 12.7. The summed E-state index contributed by atoms with van der Waals surface area (Å²) in [6.07, 6.45) is 1.71. The van der Waals surface area contributed by atoms with Crippen LogP contribution < -0.4 is 5.32 Å². The maximum Gasteiger partial charge on any atom is 0.339 e. The number of esters is 2. The molecule has 1 heterocycles. The van der Waals surface area contributed by atoms with Gasteiger partial charge < -0.3 is 14.8 Å². The fourth-order valence-electron chi connectivity index (χ4n) is 2.58. The summed E-state index contributed by atoms with van der Waals surface area (Å²) in [6.45, 7) is 0. The molecule has 0 aliphatic heterocycles. The van der Waals surface area contributed by atoms with Crippen LogP contribution in [-0.2, 0) is 9.47 Å². The van der Waals surface area contributed by atoms with Crippen LogP contribution in [-0.4, -0.2) is 37.0 Å². The van der Waals surface area contributed by atoms with E-state index in [1.165, 1.54) is 44.2 Å². The number of carbonyl (C=O) groups is 3. The van der Waals surface area contributed by atoms with Gasteiger partial charge in [0.1, 0.15) is 5.03 Å². The van der Waals surface area contributed by atoms with E-state index in [-0.39, 0.29) is 16.8 Å². The van der Waals surface area contributed by atoms with E-state index in [0.29, 0.717) is 5.56 Å². The first kappa shape index (κ1) is 21.1. The second-order valence-corrected chi connectivity index (χ2v) is 7.09. The van der Waals surface area contributed by atoms with Crippen molar-refractivity contribution in [3.63, 3.8) is 0 Å². The Morgan fingerprint density at radius 2 is 1.57 bits per heavy atom. The summed E-state index contributed by atoms with van der Waals surface area (Å²) in [7, 11) is 2.49. The van der Waals surface area contributed by atoms with Gasteiger partial charge in [-0.3, -0.25) is 4.79 Å². The molecule has 0 aliphatic carbocycles. The average molecular weight is 422 g/mol. The molecule has 1 aromatic heterocycles. The van der Waals surface area contributed by atoms with Gasteiger partial charge in [0.15, 0.2) is 0 Å². The van der Waals surface area contributed by atoms with Crippen molar-refractivity contribution < 1.29 is 23.9 Å². The number of anilines is 1. The van der Waals surface area contributed by atoms with Gasteiger partial charge in [0.2, 0.25) is 0 Å². The molecule has 0 fully saturated rings. The molecule has 0 aliphatic rings. The van der Waals surface area contributed by atoms with E-state index < -0.39 is 17.8 Å². The van der Waals surface area contributed by atoms with Gasteiger partial charge in [-0.25, -0.2) is 14.6 Å². The predicted molar refractivity (Wildman–Crippen MR) is 112 cm³/mol. The highest BCUT2D eigenvalue weighted by atomic mass is 32.2. The van der Waals surface area contributed by atoms with Crippen LogP contribution in [0.5, 0.6) is 0 Å². The van der Waals surface area contributed by atoms with Crippen LogP contribution in [0, 0.1) is 0 Å². The van der Waals surface area contributed by atoms with Crippen LogP contribution in [0.4, 0.5) is 5.69 Å². The Balaban J connectivity index is 1.80. The third kappa shape index (κ3) is 5.03. The molecule has 8 heteroatoms. The highest BCUT2D eigenvalue weighted by Gasteiger charge is 2.18. The van der Waals surface area contributed by atoms with Crippen molar-refractivity contribution in [1.29, 1.82) is 0 Å². The van der Waals surface area contributed by atoms with E-state index in [9.17, 15) is 14.4 Å². The van der Waals surface area contributed by atoms with Gasteiger partial charge in [-0.1, -0.05) is 17.8 Å². The van der Waals surface area contributed by atoms with Crippen molar-refractivity contribution in [2.45, 2.75) is 9.92 Å². The minimum absolute atomic E-state index is 0.126. The van der Waals surface area contributed by atoms with Gasteiger partial charge in [0, 0.05) is 16.7 Å². The summed E-state index contributed by atoms with van der Waals surface area (Å²) >= 11 is 1.47. The lowest BCUT2D eigenvalue weighted by atomic mass is 10.1. The molecule has 1 amide bonds. The molecular weight excluding hydrogens is 404 g/mol. The van der Waals surface area contributed by atoms with E-state index in [4.69, 9.17) is 9.47 Å². The molecule has 2 aromatic carbocycles. The predicted octanol–water partition coefficient (Wildman–Crippen LogP) is 4.06. The van der Waals surface area contributed by atoms with E-state index in [0.717, 1.165) is 9.92 Å². The van der Waals surface area contributed by atoms with Crippen molar-refractivity contribution in [3.05, 3.63) is 83.6 Å². The molecule has 0 saturated carbocycles. The number of aromatic nitrogens is 1. The quantitative estimate of drug-likeness (QED) is 0.599. The fraction of sp³-hybridized carbons (Fsp3) is 0.0909. The zero-order valence-electron chi connectivity index (χ0n) is 16.2. The zero-order valence-corrected chi connectivity index (χ0v) is 17.1. The molecular formula is C22H18N2O5S. The lowest BCUT2D eigenvalue weighted by Crippen LogP contribution is -2.16. The molecule has 0 saturated heterocycles. The van der Waals surface area contributed by atoms with E-state index >= 15 is 0 Å². The average Bonchev–Trinajstić information content (AvgIpc) is 2.79. The van der Waals surface area contributed by atoms with E-state index in [2.05, 4.69) is 10.3 Å². The highest BCUT2D eigenvalue weighted by molar-refractivity contribution is 7.99. The van der Waals surface area contributed by atoms with Crippen LogP contribution in [0.25, 0.3) is 0 Å². The van der Waals surface area contributed by atoms with Gasteiger partial charge in [-0.15, -0.1) is 0 Å². The summed E-state index contributed by atoms with van der Waals surface area (Å²) in [5.41, 5.74) is 0.865. The third-order valence-corrected chi connectivity index (χ3v) is 5.03. The summed E-state index contributed by atoms with van der Waals surface area (Å²) in [6, 6.07) is 16.8. The molecule has 7 nitrogen and oxygen atoms in total. The van der Waals surface area contributed by atoms with Gasteiger partial charge in [-0.05, 0) is 54.6 Å². The third-order valence-electron chi connectivity index (χ3n) is 4.07. The van der Waals surface area contributed by atoms with Crippen LogP contribution in [0.3, 0.4) is 0 Å². The first-order valence-electron chi connectivity index (χ1n) is 8.83. The fourth-order valence-corrected chi connectivity index (χ4v) is 3.35. The minimum atomic E-state index is -0.635. The Bertz CT molecular complexity index is 1070. The van der Waals surface area contributed by atoms with Crippen LogP contribution in [0.2, 0.25) is 0 Å². The molecule has 30 heavy (non-hydrogen) atoms. The van der Waals surface area contributed by atoms with E-state index in [1.54, 1.807) is 30.5 Å². The molecule has 1 N–H and O–H groups in total. The Morgan fingerprint density at radius 1 is 0.867 bits per heavy atom. The maximum absolute atomic E-state index is 12.7. The van der Waals surface area contributed by atoms with Gasteiger partial charge in [-0.2, -0.15) is 0 Å². The SMILES string of the molecule is COC(=O)c1ccc(C(=O)OC)c(NC(=O)c2ccc(Sc3ccccn3)cc2)c1. The number of pyridine rings is 1. The summed E-state index contributed by atoms with van der Waals surface area (Å²) in [5, 5.41) is 3.51. The summed E-state index contributed by atoms with van der Waals surface area (Å²) in [5.74, 6) is -1.65. The summed E-state index contributed by atoms with van der Waals surface area (Å²) < 4.78 is 9.44. The second-order valence-electron chi connectivity index (χ2n) is 5.99. The Kier molecular flexibility index (Phi) is 6.82. The van der Waals surface area contributed by atoms with Crippen molar-refractivity contribution in [3.8, 4) is 0 Å². The molecule has 3 rings (SSSR count). The molecule has 0 spiro atoms. The number of benzene rings is 2. The Labute approximate surface area is 177 Å². The number of hydrogen-bond donors (Lipinski definition) is 1. The number of carbonyl (C=O) groups excluding carboxylic acids is 3. The second kappa shape index (κ2) is 9.71. The topological polar surface area (TPSA) is 94.6 Å². The van der Waals surface area contributed by atoms with Crippen LogP contribution >= 0.6 is 11.8 Å². The number of rotatable bonds is 6. The molecule has 3 aromatic rings. The number of methoxy groups -OCH3 is 2. The normalized spacial score (nSPS) is 10.2. The van der Waals surface area contributed by atoms with Crippen molar-refractivity contribution in [1.82, 2.24) is 4.98 Å². The lowest BCUT2D eigenvalue weighted by Gasteiger charge is -2.12. The van der Waals surface area contributed by atoms with Gasteiger partial charge in [0.05, 0.1) is 31.0 Å². The largest absolute Gasteiger partial charge is 0.465 e.